The van der Waals surface area contributed by atoms with E-state index in [0.29, 0.717) is 12.1 Å². The summed E-state index contributed by atoms with van der Waals surface area (Å²) in [5.41, 5.74) is 1.77. The van der Waals surface area contributed by atoms with Crippen LogP contribution in [0, 0.1) is 6.92 Å². The number of carbonyl (C=O) groups excluding carboxylic acids is 1. The molecule has 0 heterocycles. The Morgan fingerprint density at radius 1 is 1.56 bits per heavy atom. The molecular weight excluding hydrogens is 270 g/mol. The molecule has 0 bridgehead atoms. The first-order valence-electron chi connectivity index (χ1n) is 5.11. The number of carbonyl (C=O) groups is 1. The smallest absolute Gasteiger partial charge is 0.252 e. The summed E-state index contributed by atoms with van der Waals surface area (Å²) in [7, 11) is 1.62. The predicted molar refractivity (Wildman–Crippen MR) is 67.7 cm³/mol. The van der Waals surface area contributed by atoms with Crippen LogP contribution in [0.4, 0.5) is 0 Å². The number of benzene rings is 1. The topological polar surface area (TPSA) is 38.3 Å². The maximum absolute atomic E-state index is 11.8. The fourth-order valence-electron chi connectivity index (χ4n) is 1.22. The van der Waals surface area contributed by atoms with E-state index in [9.17, 15) is 4.79 Å². The van der Waals surface area contributed by atoms with Crippen LogP contribution in [0.15, 0.2) is 22.7 Å². The second-order valence-corrected chi connectivity index (χ2v) is 4.59. The highest BCUT2D eigenvalue weighted by Crippen LogP contribution is 2.18. The molecule has 0 saturated heterocycles. The van der Waals surface area contributed by atoms with E-state index in [1.54, 1.807) is 7.11 Å². The number of hydrogen-bond donors (Lipinski definition) is 1. The zero-order valence-corrected chi connectivity index (χ0v) is 11.3. The minimum atomic E-state index is -0.0872. The number of aryl methyl sites for hydroxylation is 1. The molecule has 1 N–H and O–H groups in total. The molecule has 0 radical (unpaired) electrons. The fourth-order valence-corrected chi connectivity index (χ4v) is 1.89. The van der Waals surface area contributed by atoms with Gasteiger partial charge >= 0.3 is 0 Å². The SMILES string of the molecule is COC(C)CNC(=O)c1ccc(C)cc1Br. The van der Waals surface area contributed by atoms with Gasteiger partial charge in [0.05, 0.1) is 11.7 Å². The lowest BCUT2D eigenvalue weighted by molar-refractivity contribution is 0.0870. The molecular formula is C12H16BrNO2. The average Bonchev–Trinajstić information content (AvgIpc) is 2.25. The van der Waals surface area contributed by atoms with Crippen LogP contribution in [-0.2, 0) is 4.74 Å². The van der Waals surface area contributed by atoms with Gasteiger partial charge in [-0.25, -0.2) is 0 Å². The summed E-state index contributed by atoms with van der Waals surface area (Å²) in [4.78, 5) is 11.8. The molecule has 1 aromatic rings. The lowest BCUT2D eigenvalue weighted by Crippen LogP contribution is -2.31. The first kappa shape index (κ1) is 13.2. The predicted octanol–water partition coefficient (Wildman–Crippen LogP) is 2.52. The summed E-state index contributed by atoms with van der Waals surface area (Å²) in [6.07, 6.45) is 0.0215. The van der Waals surface area contributed by atoms with Crippen molar-refractivity contribution in [3.8, 4) is 0 Å². The monoisotopic (exact) mass is 285 g/mol. The number of halogens is 1. The van der Waals surface area contributed by atoms with Gasteiger partial charge in [-0.3, -0.25) is 4.79 Å². The standard InChI is InChI=1S/C12H16BrNO2/c1-8-4-5-10(11(13)6-8)12(15)14-7-9(2)16-3/h4-6,9H,7H2,1-3H3,(H,14,15). The summed E-state index contributed by atoms with van der Waals surface area (Å²) in [5, 5.41) is 2.82. The Bertz CT molecular complexity index is 379. The van der Waals surface area contributed by atoms with Gasteiger partial charge in [-0.05, 0) is 47.5 Å². The number of hydrogen-bond acceptors (Lipinski definition) is 2. The minimum Gasteiger partial charge on any atom is -0.380 e. The van der Waals surface area contributed by atoms with E-state index in [0.717, 1.165) is 10.0 Å². The second kappa shape index (κ2) is 6.01. The zero-order chi connectivity index (χ0) is 12.1. The number of methoxy groups -OCH3 is 1. The van der Waals surface area contributed by atoms with Gasteiger partial charge in [0.1, 0.15) is 0 Å². The van der Waals surface area contributed by atoms with Gasteiger partial charge in [-0.1, -0.05) is 6.07 Å². The van der Waals surface area contributed by atoms with Gasteiger partial charge in [0.25, 0.3) is 5.91 Å². The molecule has 0 saturated carbocycles. The van der Waals surface area contributed by atoms with Crippen LogP contribution in [0.25, 0.3) is 0 Å². The van der Waals surface area contributed by atoms with Crippen molar-refractivity contribution in [3.63, 3.8) is 0 Å². The molecule has 1 atom stereocenters. The molecule has 0 aromatic heterocycles. The number of ether oxygens (including phenoxy) is 1. The highest BCUT2D eigenvalue weighted by Gasteiger charge is 2.10. The molecule has 1 unspecified atom stereocenters. The second-order valence-electron chi connectivity index (χ2n) is 3.74. The molecule has 1 amide bonds. The molecule has 1 aromatic carbocycles. The van der Waals surface area contributed by atoms with Gasteiger partial charge in [0, 0.05) is 18.1 Å². The normalized spacial score (nSPS) is 12.2. The van der Waals surface area contributed by atoms with E-state index in [-0.39, 0.29) is 12.0 Å². The summed E-state index contributed by atoms with van der Waals surface area (Å²) < 4.78 is 5.87. The van der Waals surface area contributed by atoms with Crippen molar-refractivity contribution in [3.05, 3.63) is 33.8 Å². The van der Waals surface area contributed by atoms with E-state index >= 15 is 0 Å². The van der Waals surface area contributed by atoms with Crippen molar-refractivity contribution in [2.45, 2.75) is 20.0 Å². The van der Waals surface area contributed by atoms with E-state index < -0.39 is 0 Å². The van der Waals surface area contributed by atoms with Gasteiger partial charge in [0.2, 0.25) is 0 Å². The molecule has 0 aliphatic carbocycles. The Labute approximate surface area is 104 Å². The van der Waals surface area contributed by atoms with Gasteiger partial charge < -0.3 is 10.1 Å². The Kier molecular flexibility index (Phi) is 4.96. The van der Waals surface area contributed by atoms with E-state index in [4.69, 9.17) is 4.74 Å². The van der Waals surface area contributed by atoms with Crippen molar-refractivity contribution in [1.82, 2.24) is 5.32 Å². The van der Waals surface area contributed by atoms with Gasteiger partial charge in [-0.2, -0.15) is 0 Å². The maximum Gasteiger partial charge on any atom is 0.252 e. The molecule has 4 heteroatoms. The minimum absolute atomic E-state index is 0.0215. The largest absolute Gasteiger partial charge is 0.380 e. The summed E-state index contributed by atoms with van der Waals surface area (Å²) in [6, 6.07) is 5.65. The highest BCUT2D eigenvalue weighted by molar-refractivity contribution is 9.10. The summed E-state index contributed by atoms with van der Waals surface area (Å²) in [6.45, 7) is 4.40. The van der Waals surface area contributed by atoms with E-state index in [1.807, 2.05) is 32.0 Å². The van der Waals surface area contributed by atoms with E-state index in [1.165, 1.54) is 0 Å². The number of amides is 1. The van der Waals surface area contributed by atoms with Crippen LogP contribution in [0.1, 0.15) is 22.8 Å². The van der Waals surface area contributed by atoms with Crippen LogP contribution in [0.3, 0.4) is 0 Å². The maximum atomic E-state index is 11.8. The lowest BCUT2D eigenvalue weighted by atomic mass is 10.1. The molecule has 16 heavy (non-hydrogen) atoms. The van der Waals surface area contributed by atoms with Gasteiger partial charge in [-0.15, -0.1) is 0 Å². The summed E-state index contributed by atoms with van der Waals surface area (Å²) in [5.74, 6) is -0.0872. The third-order valence-electron chi connectivity index (χ3n) is 2.32. The molecule has 0 spiro atoms. The molecule has 3 nitrogen and oxygen atoms in total. The van der Waals surface area contributed by atoms with Crippen LogP contribution >= 0.6 is 15.9 Å². The first-order chi connectivity index (χ1) is 7.54. The van der Waals surface area contributed by atoms with Crippen molar-refractivity contribution in [2.75, 3.05) is 13.7 Å². The quantitative estimate of drug-likeness (QED) is 0.923. The number of nitrogens with one attached hydrogen (secondary N) is 1. The fraction of sp³-hybridized carbons (Fsp3) is 0.417. The Morgan fingerprint density at radius 3 is 2.81 bits per heavy atom. The average molecular weight is 286 g/mol. The van der Waals surface area contributed by atoms with Crippen molar-refractivity contribution in [2.24, 2.45) is 0 Å². The molecule has 0 aliphatic heterocycles. The highest BCUT2D eigenvalue weighted by atomic mass is 79.9. The zero-order valence-electron chi connectivity index (χ0n) is 9.71. The van der Waals surface area contributed by atoms with Crippen LogP contribution < -0.4 is 5.32 Å². The first-order valence-corrected chi connectivity index (χ1v) is 5.91. The molecule has 88 valence electrons. The lowest BCUT2D eigenvalue weighted by Gasteiger charge is -2.11. The Balaban J connectivity index is 2.66. The molecule has 1 rings (SSSR count). The molecule has 0 aliphatic rings. The Hall–Kier alpha value is -0.870. The van der Waals surface area contributed by atoms with Crippen molar-refractivity contribution in [1.29, 1.82) is 0 Å². The van der Waals surface area contributed by atoms with Crippen LogP contribution in [0.5, 0.6) is 0 Å². The van der Waals surface area contributed by atoms with Crippen molar-refractivity contribution < 1.29 is 9.53 Å². The number of rotatable bonds is 4. The van der Waals surface area contributed by atoms with E-state index in [2.05, 4.69) is 21.2 Å². The molecule has 0 fully saturated rings. The third-order valence-corrected chi connectivity index (χ3v) is 2.98. The van der Waals surface area contributed by atoms with Crippen LogP contribution in [0.2, 0.25) is 0 Å². The van der Waals surface area contributed by atoms with Crippen molar-refractivity contribution >= 4 is 21.8 Å². The summed E-state index contributed by atoms with van der Waals surface area (Å²) >= 11 is 3.38. The third kappa shape index (κ3) is 3.61. The Morgan fingerprint density at radius 2 is 2.25 bits per heavy atom. The van der Waals surface area contributed by atoms with Gasteiger partial charge in [0.15, 0.2) is 0 Å². The van der Waals surface area contributed by atoms with Crippen LogP contribution in [-0.4, -0.2) is 25.7 Å².